The van der Waals surface area contributed by atoms with Crippen molar-refractivity contribution in [2.24, 2.45) is 11.7 Å². The van der Waals surface area contributed by atoms with Gasteiger partial charge in [-0.1, -0.05) is 13.8 Å². The lowest BCUT2D eigenvalue weighted by Crippen LogP contribution is -2.47. The van der Waals surface area contributed by atoms with Crippen molar-refractivity contribution < 1.29 is 9.90 Å². The molecule has 3 N–H and O–H groups in total. The maximum absolute atomic E-state index is 11.9. The summed E-state index contributed by atoms with van der Waals surface area (Å²) in [4.78, 5) is 13.7. The van der Waals surface area contributed by atoms with E-state index in [1.807, 2.05) is 0 Å². The molecule has 0 aromatic heterocycles. The van der Waals surface area contributed by atoms with Crippen LogP contribution in [0.25, 0.3) is 0 Å². The van der Waals surface area contributed by atoms with Crippen LogP contribution in [0.1, 0.15) is 33.1 Å². The van der Waals surface area contributed by atoms with E-state index in [0.29, 0.717) is 12.3 Å². The Bertz CT molecular complexity index is 219. The van der Waals surface area contributed by atoms with Crippen LogP contribution in [0.3, 0.4) is 0 Å². The smallest absolute Gasteiger partial charge is 0.239 e. The summed E-state index contributed by atoms with van der Waals surface area (Å²) < 4.78 is 0. The highest BCUT2D eigenvalue weighted by atomic mass is 16.3. The molecule has 15 heavy (non-hydrogen) atoms. The molecule has 4 heteroatoms. The molecule has 1 fully saturated rings. The molecule has 2 atom stereocenters. The molecule has 0 aromatic carbocycles. The van der Waals surface area contributed by atoms with Crippen LogP contribution < -0.4 is 5.73 Å². The molecule has 4 nitrogen and oxygen atoms in total. The number of aliphatic hydroxyl groups excluding tert-OH is 1. The number of carbonyl (C=O) groups is 1. The summed E-state index contributed by atoms with van der Waals surface area (Å²) in [5.41, 5.74) is 5.84. The third kappa shape index (κ3) is 3.18. The van der Waals surface area contributed by atoms with E-state index in [1.54, 1.807) is 4.90 Å². The molecular formula is C11H22N2O2. The van der Waals surface area contributed by atoms with Gasteiger partial charge in [-0.15, -0.1) is 0 Å². The first-order valence-electron chi connectivity index (χ1n) is 5.73. The van der Waals surface area contributed by atoms with Gasteiger partial charge in [0.15, 0.2) is 0 Å². The zero-order chi connectivity index (χ0) is 11.4. The topological polar surface area (TPSA) is 66.6 Å². The second kappa shape index (κ2) is 5.47. The van der Waals surface area contributed by atoms with Crippen LogP contribution in [-0.2, 0) is 4.79 Å². The molecule has 0 bridgehead atoms. The van der Waals surface area contributed by atoms with Crippen molar-refractivity contribution in [3.05, 3.63) is 0 Å². The predicted octanol–water partition coefficient (Wildman–Crippen LogP) is 0.343. The lowest BCUT2D eigenvalue weighted by molar-refractivity contribution is -0.134. The Morgan fingerprint density at radius 2 is 2.27 bits per heavy atom. The molecule has 0 spiro atoms. The quantitative estimate of drug-likeness (QED) is 0.709. The Labute approximate surface area is 91.4 Å². The summed E-state index contributed by atoms with van der Waals surface area (Å²) in [6.45, 7) is 4.91. The Kier molecular flexibility index (Phi) is 4.54. The maximum atomic E-state index is 11.9. The van der Waals surface area contributed by atoms with Gasteiger partial charge in [-0.05, 0) is 25.2 Å². The average Bonchev–Trinajstić information content (AvgIpc) is 2.62. The molecule has 0 aliphatic carbocycles. The van der Waals surface area contributed by atoms with E-state index in [2.05, 4.69) is 13.8 Å². The van der Waals surface area contributed by atoms with Gasteiger partial charge >= 0.3 is 0 Å². The fourth-order valence-corrected chi connectivity index (χ4v) is 2.14. The van der Waals surface area contributed by atoms with Crippen molar-refractivity contribution in [2.75, 3.05) is 13.2 Å². The molecule has 1 amide bonds. The Balaban J connectivity index is 2.51. The van der Waals surface area contributed by atoms with Crippen molar-refractivity contribution in [1.29, 1.82) is 0 Å². The molecule has 1 aliphatic rings. The van der Waals surface area contributed by atoms with E-state index in [9.17, 15) is 4.79 Å². The van der Waals surface area contributed by atoms with E-state index < -0.39 is 6.04 Å². The minimum atomic E-state index is -0.405. The van der Waals surface area contributed by atoms with Crippen LogP contribution in [-0.4, -0.2) is 41.1 Å². The van der Waals surface area contributed by atoms with Gasteiger partial charge in [-0.2, -0.15) is 0 Å². The van der Waals surface area contributed by atoms with Crippen molar-refractivity contribution in [3.63, 3.8) is 0 Å². The highest BCUT2D eigenvalue weighted by Crippen LogP contribution is 2.18. The van der Waals surface area contributed by atoms with E-state index in [4.69, 9.17) is 10.8 Å². The molecule has 0 aromatic rings. The van der Waals surface area contributed by atoms with E-state index in [1.165, 1.54) is 0 Å². The standard InChI is InChI=1S/C11H22N2O2/c1-8(2)6-10(12)11(15)13-5-3-4-9(13)7-14/h8-10,14H,3-7,12H2,1-2H3. The number of carbonyl (C=O) groups excluding carboxylic acids is 1. The molecule has 0 saturated carbocycles. The molecular weight excluding hydrogens is 192 g/mol. The van der Waals surface area contributed by atoms with Crippen LogP contribution in [0.2, 0.25) is 0 Å². The van der Waals surface area contributed by atoms with Gasteiger partial charge < -0.3 is 15.7 Å². The van der Waals surface area contributed by atoms with Crippen molar-refractivity contribution in [3.8, 4) is 0 Å². The SMILES string of the molecule is CC(C)CC(N)C(=O)N1CCCC1CO. The van der Waals surface area contributed by atoms with Gasteiger partial charge in [-0.3, -0.25) is 4.79 Å². The molecule has 1 saturated heterocycles. The Hall–Kier alpha value is -0.610. The van der Waals surface area contributed by atoms with Crippen LogP contribution in [0, 0.1) is 5.92 Å². The summed E-state index contributed by atoms with van der Waals surface area (Å²) in [7, 11) is 0. The first-order valence-corrected chi connectivity index (χ1v) is 5.73. The minimum absolute atomic E-state index is 0.000231. The van der Waals surface area contributed by atoms with Gasteiger partial charge in [0.1, 0.15) is 0 Å². The summed E-state index contributed by atoms with van der Waals surface area (Å²) >= 11 is 0. The highest BCUT2D eigenvalue weighted by molar-refractivity contribution is 5.82. The van der Waals surface area contributed by atoms with Crippen molar-refractivity contribution in [2.45, 2.75) is 45.2 Å². The second-order valence-electron chi connectivity index (χ2n) is 4.75. The molecule has 1 aliphatic heterocycles. The van der Waals surface area contributed by atoms with Crippen LogP contribution in [0.15, 0.2) is 0 Å². The predicted molar refractivity (Wildman–Crippen MR) is 59.3 cm³/mol. The fraction of sp³-hybridized carbons (Fsp3) is 0.909. The van der Waals surface area contributed by atoms with Gasteiger partial charge in [0.25, 0.3) is 0 Å². The lowest BCUT2D eigenvalue weighted by atomic mass is 10.0. The third-order valence-electron chi connectivity index (χ3n) is 2.91. The zero-order valence-corrected chi connectivity index (χ0v) is 9.65. The number of hydrogen-bond donors (Lipinski definition) is 2. The molecule has 2 unspecified atom stereocenters. The molecule has 0 radical (unpaired) electrons. The van der Waals surface area contributed by atoms with Crippen LogP contribution >= 0.6 is 0 Å². The number of likely N-dealkylation sites (tertiary alicyclic amines) is 1. The molecule has 1 rings (SSSR count). The first-order chi connectivity index (χ1) is 7.06. The number of hydrogen-bond acceptors (Lipinski definition) is 3. The monoisotopic (exact) mass is 214 g/mol. The average molecular weight is 214 g/mol. The Morgan fingerprint density at radius 1 is 1.60 bits per heavy atom. The number of amides is 1. The van der Waals surface area contributed by atoms with Gasteiger partial charge in [0.2, 0.25) is 5.91 Å². The number of nitrogens with zero attached hydrogens (tertiary/aromatic N) is 1. The van der Waals surface area contributed by atoms with E-state index in [-0.39, 0.29) is 18.6 Å². The maximum Gasteiger partial charge on any atom is 0.239 e. The normalized spacial score (nSPS) is 23.5. The number of nitrogens with two attached hydrogens (primary N) is 1. The fourth-order valence-electron chi connectivity index (χ4n) is 2.14. The van der Waals surface area contributed by atoms with E-state index in [0.717, 1.165) is 19.4 Å². The summed E-state index contributed by atoms with van der Waals surface area (Å²) in [5.74, 6) is 0.430. The number of rotatable bonds is 4. The zero-order valence-electron chi connectivity index (χ0n) is 9.65. The Morgan fingerprint density at radius 3 is 2.80 bits per heavy atom. The van der Waals surface area contributed by atoms with Gasteiger partial charge in [-0.25, -0.2) is 0 Å². The summed E-state index contributed by atoms with van der Waals surface area (Å²) in [6, 6.07) is -0.409. The van der Waals surface area contributed by atoms with Gasteiger partial charge in [0.05, 0.1) is 18.7 Å². The molecule has 1 heterocycles. The third-order valence-corrected chi connectivity index (χ3v) is 2.91. The first kappa shape index (κ1) is 12.5. The minimum Gasteiger partial charge on any atom is -0.394 e. The summed E-state index contributed by atoms with van der Waals surface area (Å²) in [6.07, 6.45) is 2.59. The number of aliphatic hydroxyl groups is 1. The van der Waals surface area contributed by atoms with Crippen LogP contribution in [0.5, 0.6) is 0 Å². The molecule has 88 valence electrons. The second-order valence-corrected chi connectivity index (χ2v) is 4.75. The van der Waals surface area contributed by atoms with E-state index >= 15 is 0 Å². The van der Waals surface area contributed by atoms with Gasteiger partial charge in [0, 0.05) is 6.54 Å². The highest BCUT2D eigenvalue weighted by Gasteiger charge is 2.31. The largest absolute Gasteiger partial charge is 0.394 e. The summed E-state index contributed by atoms with van der Waals surface area (Å²) in [5, 5.41) is 9.11. The lowest BCUT2D eigenvalue weighted by Gasteiger charge is -2.26. The van der Waals surface area contributed by atoms with Crippen LogP contribution in [0.4, 0.5) is 0 Å². The van der Waals surface area contributed by atoms with Crippen molar-refractivity contribution >= 4 is 5.91 Å². The van der Waals surface area contributed by atoms with Crippen molar-refractivity contribution in [1.82, 2.24) is 4.90 Å².